The lowest BCUT2D eigenvalue weighted by atomic mass is 10.1. The van der Waals surface area contributed by atoms with Gasteiger partial charge in [-0.15, -0.1) is 0 Å². The second-order valence-electron chi connectivity index (χ2n) is 4.43. The summed E-state index contributed by atoms with van der Waals surface area (Å²) >= 11 is 0. The Balaban J connectivity index is 1.61. The first-order valence-electron chi connectivity index (χ1n) is 5.83. The number of hydrogen-bond acceptors (Lipinski definition) is 2. The highest BCUT2D eigenvalue weighted by molar-refractivity contribution is 5.82. The van der Waals surface area contributed by atoms with E-state index in [2.05, 4.69) is 17.6 Å². The predicted molar refractivity (Wildman–Crippen MR) is 55.9 cm³/mol. The molecule has 0 radical (unpaired) electrons. The van der Waals surface area contributed by atoms with Crippen LogP contribution in [0.5, 0.6) is 0 Å². The maximum Gasteiger partial charge on any atom is 0.223 e. The van der Waals surface area contributed by atoms with Gasteiger partial charge < -0.3 is 10.6 Å². The molecule has 14 heavy (non-hydrogen) atoms. The maximum atomic E-state index is 11.6. The van der Waals surface area contributed by atoms with E-state index in [-0.39, 0.29) is 0 Å². The van der Waals surface area contributed by atoms with Gasteiger partial charge in [-0.2, -0.15) is 0 Å². The summed E-state index contributed by atoms with van der Waals surface area (Å²) < 4.78 is 0. The number of rotatable bonds is 5. The molecule has 1 amide bonds. The van der Waals surface area contributed by atoms with Crippen LogP contribution < -0.4 is 10.6 Å². The zero-order chi connectivity index (χ0) is 9.97. The molecule has 0 heterocycles. The Kier molecular flexibility index (Phi) is 3.06. The molecule has 2 saturated carbocycles. The smallest absolute Gasteiger partial charge is 0.223 e. The number of carbonyl (C=O) groups excluding carboxylic acids is 1. The summed E-state index contributed by atoms with van der Waals surface area (Å²) in [7, 11) is 0. The van der Waals surface area contributed by atoms with Gasteiger partial charge in [0.2, 0.25) is 5.91 Å². The normalized spacial score (nSPS) is 33.9. The fraction of sp³-hybridized carbons (Fsp3) is 0.909. The Morgan fingerprint density at radius 3 is 2.64 bits per heavy atom. The van der Waals surface area contributed by atoms with Crippen LogP contribution in [-0.2, 0) is 4.79 Å². The fourth-order valence-corrected chi connectivity index (χ4v) is 2.78. The standard InChI is InChI=1S/C11H20N2O/c1-2-12-6-7-13-11(14)10-8-4-3-5-9(8)10/h8-10,12H,2-7H2,1H3,(H,13,14). The van der Waals surface area contributed by atoms with E-state index in [0.29, 0.717) is 11.8 Å². The van der Waals surface area contributed by atoms with Crippen LogP contribution in [-0.4, -0.2) is 25.5 Å². The molecule has 0 aliphatic heterocycles. The third kappa shape index (κ3) is 1.92. The Bertz CT molecular complexity index is 207. The van der Waals surface area contributed by atoms with Crippen molar-refractivity contribution in [1.29, 1.82) is 0 Å². The molecule has 2 N–H and O–H groups in total. The van der Waals surface area contributed by atoms with Crippen molar-refractivity contribution >= 4 is 5.91 Å². The van der Waals surface area contributed by atoms with Gasteiger partial charge in [0.15, 0.2) is 0 Å². The molecule has 0 aromatic carbocycles. The Hall–Kier alpha value is -0.570. The van der Waals surface area contributed by atoms with Gasteiger partial charge in [0, 0.05) is 19.0 Å². The minimum absolute atomic E-state index is 0.303. The number of hydrogen-bond donors (Lipinski definition) is 2. The van der Waals surface area contributed by atoms with Crippen molar-refractivity contribution in [2.45, 2.75) is 26.2 Å². The summed E-state index contributed by atoms with van der Waals surface area (Å²) in [4.78, 5) is 11.6. The van der Waals surface area contributed by atoms with Crippen LogP contribution in [0.2, 0.25) is 0 Å². The number of amides is 1. The largest absolute Gasteiger partial charge is 0.355 e. The van der Waals surface area contributed by atoms with E-state index in [9.17, 15) is 4.79 Å². The van der Waals surface area contributed by atoms with E-state index >= 15 is 0 Å². The average Bonchev–Trinajstić information content (AvgIpc) is 2.67. The average molecular weight is 196 g/mol. The lowest BCUT2D eigenvalue weighted by molar-refractivity contribution is -0.123. The first-order valence-corrected chi connectivity index (χ1v) is 5.83. The highest BCUT2D eigenvalue weighted by atomic mass is 16.2. The third-order valence-electron chi connectivity index (χ3n) is 3.56. The van der Waals surface area contributed by atoms with Gasteiger partial charge in [-0.3, -0.25) is 4.79 Å². The van der Waals surface area contributed by atoms with Crippen molar-refractivity contribution in [2.24, 2.45) is 17.8 Å². The number of nitrogens with one attached hydrogen (secondary N) is 2. The minimum Gasteiger partial charge on any atom is -0.355 e. The van der Waals surface area contributed by atoms with Crippen molar-refractivity contribution in [3.05, 3.63) is 0 Å². The molecule has 2 unspecified atom stereocenters. The van der Waals surface area contributed by atoms with E-state index in [4.69, 9.17) is 0 Å². The van der Waals surface area contributed by atoms with Crippen LogP contribution in [0.1, 0.15) is 26.2 Å². The van der Waals surface area contributed by atoms with Crippen LogP contribution in [0, 0.1) is 17.8 Å². The molecule has 0 aromatic heterocycles. The second-order valence-corrected chi connectivity index (χ2v) is 4.43. The molecule has 80 valence electrons. The van der Waals surface area contributed by atoms with Crippen molar-refractivity contribution in [3.8, 4) is 0 Å². The van der Waals surface area contributed by atoms with Gasteiger partial charge in [0.05, 0.1) is 0 Å². The monoisotopic (exact) mass is 196 g/mol. The first-order chi connectivity index (χ1) is 6.84. The lowest BCUT2D eigenvalue weighted by Crippen LogP contribution is -2.33. The molecule has 3 heteroatoms. The molecule has 2 aliphatic carbocycles. The summed E-state index contributed by atoms with van der Waals surface area (Å²) in [5, 5.41) is 6.21. The second kappa shape index (κ2) is 4.30. The van der Waals surface area contributed by atoms with Crippen molar-refractivity contribution in [1.82, 2.24) is 10.6 Å². The highest BCUT2D eigenvalue weighted by Crippen LogP contribution is 2.57. The molecule has 0 spiro atoms. The molecule has 3 nitrogen and oxygen atoms in total. The molecule has 0 bridgehead atoms. The molecule has 2 aliphatic rings. The summed E-state index contributed by atoms with van der Waals surface area (Å²) in [5.41, 5.74) is 0. The molecular formula is C11H20N2O. The third-order valence-corrected chi connectivity index (χ3v) is 3.56. The lowest BCUT2D eigenvalue weighted by Gasteiger charge is -2.06. The zero-order valence-electron chi connectivity index (χ0n) is 8.88. The van der Waals surface area contributed by atoms with Crippen LogP contribution >= 0.6 is 0 Å². The summed E-state index contributed by atoms with van der Waals surface area (Å²) in [6.45, 7) is 4.73. The van der Waals surface area contributed by atoms with E-state index in [1.807, 2.05) is 0 Å². The Labute approximate surface area is 85.6 Å². The van der Waals surface area contributed by atoms with Gasteiger partial charge in [0.1, 0.15) is 0 Å². The van der Waals surface area contributed by atoms with Crippen molar-refractivity contribution in [3.63, 3.8) is 0 Å². The topological polar surface area (TPSA) is 41.1 Å². The summed E-state index contributed by atoms with van der Waals surface area (Å²) in [5.74, 6) is 2.17. The van der Waals surface area contributed by atoms with Crippen LogP contribution in [0.4, 0.5) is 0 Å². The van der Waals surface area contributed by atoms with Gasteiger partial charge in [0.25, 0.3) is 0 Å². The molecular weight excluding hydrogens is 176 g/mol. The van der Waals surface area contributed by atoms with Crippen molar-refractivity contribution in [2.75, 3.05) is 19.6 Å². The SMILES string of the molecule is CCNCCNC(=O)C1C2CCCC21. The summed E-state index contributed by atoms with van der Waals surface area (Å²) in [6.07, 6.45) is 3.92. The van der Waals surface area contributed by atoms with Gasteiger partial charge in [-0.1, -0.05) is 13.3 Å². The van der Waals surface area contributed by atoms with Gasteiger partial charge in [-0.25, -0.2) is 0 Å². The van der Waals surface area contributed by atoms with Crippen LogP contribution in [0.25, 0.3) is 0 Å². The van der Waals surface area contributed by atoms with Crippen LogP contribution in [0.15, 0.2) is 0 Å². The fourth-order valence-electron chi connectivity index (χ4n) is 2.78. The van der Waals surface area contributed by atoms with Crippen molar-refractivity contribution < 1.29 is 4.79 Å². The number of likely N-dealkylation sites (N-methyl/N-ethyl adjacent to an activating group) is 1. The quantitative estimate of drug-likeness (QED) is 0.637. The van der Waals surface area contributed by atoms with E-state index in [0.717, 1.165) is 31.5 Å². The van der Waals surface area contributed by atoms with Crippen LogP contribution in [0.3, 0.4) is 0 Å². The Morgan fingerprint density at radius 2 is 2.00 bits per heavy atom. The minimum atomic E-state index is 0.303. The molecule has 0 aromatic rings. The van der Waals surface area contributed by atoms with E-state index < -0.39 is 0 Å². The van der Waals surface area contributed by atoms with E-state index in [1.165, 1.54) is 19.3 Å². The molecule has 2 rings (SSSR count). The zero-order valence-corrected chi connectivity index (χ0v) is 8.88. The van der Waals surface area contributed by atoms with Gasteiger partial charge >= 0.3 is 0 Å². The molecule has 0 saturated heterocycles. The number of carbonyl (C=O) groups is 1. The Morgan fingerprint density at radius 1 is 1.29 bits per heavy atom. The predicted octanol–water partition coefficient (Wildman–Crippen LogP) is 0.758. The number of fused-ring (bicyclic) bond motifs is 1. The van der Waals surface area contributed by atoms with Gasteiger partial charge in [-0.05, 0) is 31.2 Å². The van der Waals surface area contributed by atoms with E-state index in [1.54, 1.807) is 0 Å². The molecule has 2 fully saturated rings. The molecule has 2 atom stereocenters. The first kappa shape index (κ1) is 9.97. The highest BCUT2D eigenvalue weighted by Gasteiger charge is 2.56. The maximum absolute atomic E-state index is 11.6. The summed E-state index contributed by atoms with van der Waals surface area (Å²) in [6, 6.07) is 0.